The second-order valence-electron chi connectivity index (χ2n) is 8.13. The van der Waals surface area contributed by atoms with Gasteiger partial charge in [0.15, 0.2) is 0 Å². The van der Waals surface area contributed by atoms with Gasteiger partial charge >= 0.3 is 12.1 Å². The van der Waals surface area contributed by atoms with E-state index in [1.165, 1.54) is 12.1 Å². The van der Waals surface area contributed by atoms with E-state index in [4.69, 9.17) is 4.42 Å². The van der Waals surface area contributed by atoms with E-state index in [0.29, 0.717) is 42.7 Å². The van der Waals surface area contributed by atoms with E-state index in [1.54, 1.807) is 11.0 Å². The van der Waals surface area contributed by atoms with Crippen molar-refractivity contribution in [2.45, 2.75) is 38.8 Å². The van der Waals surface area contributed by atoms with Crippen molar-refractivity contribution in [1.29, 1.82) is 0 Å². The molecule has 2 heterocycles. The van der Waals surface area contributed by atoms with Crippen LogP contribution in [0.15, 0.2) is 52.9 Å². The highest BCUT2D eigenvalue weighted by Gasteiger charge is 2.26. The Morgan fingerprint density at radius 2 is 1.84 bits per heavy atom. The number of piperidine rings is 1. The first-order valence-electron chi connectivity index (χ1n) is 10.8. The number of nitrogens with zero attached hydrogens (tertiary/aromatic N) is 1. The van der Waals surface area contributed by atoms with E-state index < -0.39 is 0 Å². The molecule has 1 aromatic heterocycles. The molecule has 1 atom stereocenters. The minimum atomic E-state index is -0.356. The van der Waals surface area contributed by atoms with Gasteiger partial charge in [0, 0.05) is 35.8 Å². The number of fused-ring (bicyclic) bond motifs is 1. The minimum Gasteiger partial charge on any atom is -0.459 e. The maximum absolute atomic E-state index is 13.6. The monoisotopic (exact) mass is 438 g/mol. The van der Waals surface area contributed by atoms with Gasteiger partial charge in [-0.05, 0) is 57.0 Å². The normalized spacial score (nSPS) is 15.4. The molecule has 1 aliphatic heterocycles. The molecule has 4 amide bonds. The van der Waals surface area contributed by atoms with Crippen LogP contribution in [-0.4, -0.2) is 36.1 Å². The Morgan fingerprint density at radius 3 is 2.56 bits per heavy atom. The standard InChI is InChI=1S/C24H27FN4O3/c1-15-20-14-17(25)8-9-21(20)32-22(15)16(2)26-24(31)29-12-10-19(11-13-29)28-23(30)27-18-6-4-3-5-7-18/h3-9,14,16,19H,10-13H2,1-2H3,(H,26,31)(H2,27,28,30). The second kappa shape index (κ2) is 9.30. The van der Waals surface area contributed by atoms with E-state index in [0.717, 1.165) is 11.3 Å². The van der Waals surface area contributed by atoms with Crippen LogP contribution >= 0.6 is 0 Å². The Morgan fingerprint density at radius 1 is 1.12 bits per heavy atom. The fraction of sp³-hybridized carbons (Fsp3) is 0.333. The predicted octanol–water partition coefficient (Wildman–Crippen LogP) is 4.94. The van der Waals surface area contributed by atoms with Crippen LogP contribution < -0.4 is 16.0 Å². The maximum atomic E-state index is 13.6. The van der Waals surface area contributed by atoms with Crippen molar-refractivity contribution in [1.82, 2.24) is 15.5 Å². The Hall–Kier alpha value is -3.55. The molecule has 3 aromatic rings. The number of urea groups is 2. The fourth-order valence-corrected chi connectivity index (χ4v) is 4.07. The van der Waals surface area contributed by atoms with Crippen LogP contribution in [-0.2, 0) is 0 Å². The van der Waals surface area contributed by atoms with E-state index in [9.17, 15) is 14.0 Å². The SMILES string of the molecule is Cc1c(C(C)NC(=O)N2CCC(NC(=O)Nc3ccccc3)CC2)oc2ccc(F)cc12. The van der Waals surface area contributed by atoms with E-state index in [-0.39, 0.29) is 30.0 Å². The highest BCUT2D eigenvalue weighted by molar-refractivity contribution is 5.89. The van der Waals surface area contributed by atoms with Crippen LogP contribution in [0.25, 0.3) is 11.0 Å². The van der Waals surface area contributed by atoms with E-state index in [2.05, 4.69) is 16.0 Å². The second-order valence-corrected chi connectivity index (χ2v) is 8.13. The van der Waals surface area contributed by atoms with Crippen molar-refractivity contribution in [3.8, 4) is 0 Å². The van der Waals surface area contributed by atoms with Crippen molar-refractivity contribution in [2.24, 2.45) is 0 Å². The largest absolute Gasteiger partial charge is 0.459 e. The summed E-state index contributed by atoms with van der Waals surface area (Å²) >= 11 is 0. The van der Waals surface area contributed by atoms with E-state index in [1.807, 2.05) is 44.2 Å². The highest BCUT2D eigenvalue weighted by Crippen LogP contribution is 2.30. The van der Waals surface area contributed by atoms with Crippen molar-refractivity contribution >= 4 is 28.7 Å². The first-order valence-corrected chi connectivity index (χ1v) is 10.8. The molecular formula is C24H27FN4O3. The summed E-state index contributed by atoms with van der Waals surface area (Å²) in [4.78, 5) is 26.7. The summed E-state index contributed by atoms with van der Waals surface area (Å²) < 4.78 is 19.4. The van der Waals surface area contributed by atoms with Gasteiger partial charge in [-0.3, -0.25) is 0 Å². The smallest absolute Gasteiger partial charge is 0.319 e. The van der Waals surface area contributed by atoms with Gasteiger partial charge < -0.3 is 25.3 Å². The van der Waals surface area contributed by atoms with E-state index >= 15 is 0 Å². The van der Waals surface area contributed by atoms with Gasteiger partial charge in [-0.25, -0.2) is 14.0 Å². The molecule has 1 aliphatic rings. The average Bonchev–Trinajstić information content (AvgIpc) is 3.11. The molecule has 2 aromatic carbocycles. The molecule has 1 unspecified atom stereocenters. The molecule has 8 heteroatoms. The number of likely N-dealkylation sites (tertiary alicyclic amines) is 1. The number of aryl methyl sites for hydroxylation is 1. The molecule has 0 bridgehead atoms. The maximum Gasteiger partial charge on any atom is 0.319 e. The molecule has 0 spiro atoms. The summed E-state index contributed by atoms with van der Waals surface area (Å²) in [5.74, 6) is 0.298. The Kier molecular flexibility index (Phi) is 6.30. The average molecular weight is 439 g/mol. The van der Waals surface area contributed by atoms with Crippen LogP contribution in [0.1, 0.15) is 37.1 Å². The van der Waals surface area contributed by atoms with Crippen LogP contribution in [0.2, 0.25) is 0 Å². The van der Waals surface area contributed by atoms with Gasteiger partial charge in [0.25, 0.3) is 0 Å². The quantitative estimate of drug-likeness (QED) is 0.539. The molecule has 32 heavy (non-hydrogen) atoms. The lowest BCUT2D eigenvalue weighted by atomic mass is 10.1. The number of anilines is 1. The molecule has 0 saturated carbocycles. The van der Waals surface area contributed by atoms with Gasteiger partial charge in [-0.1, -0.05) is 18.2 Å². The molecule has 1 saturated heterocycles. The van der Waals surface area contributed by atoms with Gasteiger partial charge in [-0.15, -0.1) is 0 Å². The number of amides is 4. The van der Waals surface area contributed by atoms with Crippen LogP contribution in [0.4, 0.5) is 19.7 Å². The van der Waals surface area contributed by atoms with Crippen LogP contribution in [0, 0.1) is 12.7 Å². The minimum absolute atomic E-state index is 0.00713. The number of nitrogens with one attached hydrogen (secondary N) is 3. The molecule has 4 rings (SSSR count). The number of hydrogen-bond acceptors (Lipinski definition) is 3. The van der Waals surface area contributed by atoms with Gasteiger partial charge in [-0.2, -0.15) is 0 Å². The van der Waals surface area contributed by atoms with Crippen molar-refractivity contribution in [2.75, 3.05) is 18.4 Å². The van der Waals surface area contributed by atoms with Gasteiger partial charge in [0.2, 0.25) is 0 Å². The van der Waals surface area contributed by atoms with Crippen molar-refractivity contribution in [3.63, 3.8) is 0 Å². The Bertz CT molecular complexity index is 1110. The summed E-state index contributed by atoms with van der Waals surface area (Å²) in [7, 11) is 0. The zero-order valence-corrected chi connectivity index (χ0v) is 18.2. The number of carbonyl (C=O) groups is 2. The molecule has 0 aliphatic carbocycles. The number of furan rings is 1. The molecule has 1 fully saturated rings. The first-order chi connectivity index (χ1) is 15.4. The summed E-state index contributed by atoms with van der Waals surface area (Å²) in [6.07, 6.45) is 1.35. The van der Waals surface area contributed by atoms with Gasteiger partial charge in [0.1, 0.15) is 17.2 Å². The summed E-state index contributed by atoms with van der Waals surface area (Å²) in [5.41, 5.74) is 2.15. The highest BCUT2D eigenvalue weighted by atomic mass is 19.1. The summed E-state index contributed by atoms with van der Waals surface area (Å²) in [5, 5.41) is 9.46. The van der Waals surface area contributed by atoms with Crippen LogP contribution in [0.3, 0.4) is 0 Å². The summed E-state index contributed by atoms with van der Waals surface area (Å²) in [6, 6.07) is 12.9. The molecule has 7 nitrogen and oxygen atoms in total. The lowest BCUT2D eigenvalue weighted by molar-refractivity contribution is 0.173. The predicted molar refractivity (Wildman–Crippen MR) is 121 cm³/mol. The molecular weight excluding hydrogens is 411 g/mol. The third-order valence-corrected chi connectivity index (χ3v) is 5.82. The van der Waals surface area contributed by atoms with Gasteiger partial charge in [0.05, 0.1) is 6.04 Å². The number of halogens is 1. The number of rotatable bonds is 4. The van der Waals surface area contributed by atoms with Crippen molar-refractivity contribution < 1.29 is 18.4 Å². The zero-order valence-electron chi connectivity index (χ0n) is 18.2. The zero-order chi connectivity index (χ0) is 22.7. The molecule has 168 valence electrons. The number of benzene rings is 2. The lowest BCUT2D eigenvalue weighted by Gasteiger charge is -2.33. The lowest BCUT2D eigenvalue weighted by Crippen LogP contribution is -2.50. The number of para-hydroxylation sites is 1. The third kappa shape index (κ3) is 4.85. The first kappa shape index (κ1) is 21.7. The van der Waals surface area contributed by atoms with Crippen LogP contribution in [0.5, 0.6) is 0 Å². The number of hydrogen-bond donors (Lipinski definition) is 3. The Labute approximate surface area is 186 Å². The number of carbonyl (C=O) groups excluding carboxylic acids is 2. The van der Waals surface area contributed by atoms with Crippen molar-refractivity contribution in [3.05, 3.63) is 65.7 Å². The fourth-order valence-electron chi connectivity index (χ4n) is 4.07. The molecule has 0 radical (unpaired) electrons. The third-order valence-electron chi connectivity index (χ3n) is 5.82. The summed E-state index contributed by atoms with van der Waals surface area (Å²) in [6.45, 7) is 4.79. The Balaban J connectivity index is 1.28. The molecule has 3 N–H and O–H groups in total. The topological polar surface area (TPSA) is 86.6 Å².